The number of H-pyrrole nitrogens is 1. The smallest absolute Gasteiger partial charge is 0.250 e. The van der Waals surface area contributed by atoms with Gasteiger partial charge in [0.25, 0.3) is 5.56 Å². The first-order chi connectivity index (χ1) is 10.5. The van der Waals surface area contributed by atoms with Gasteiger partial charge in [0.05, 0.1) is 11.2 Å². The van der Waals surface area contributed by atoms with Crippen molar-refractivity contribution in [3.8, 4) is 17.8 Å². The van der Waals surface area contributed by atoms with Gasteiger partial charge in [-0.2, -0.15) is 15.6 Å². The molecule has 2 aromatic heterocycles. The third-order valence-electron chi connectivity index (χ3n) is 3.15. The number of pyridine rings is 1. The maximum atomic E-state index is 11.8. The van der Waals surface area contributed by atoms with E-state index in [1.807, 2.05) is 12.1 Å². The molecular formula is C14H7BrN6O. The van der Waals surface area contributed by atoms with E-state index in [0.717, 1.165) is 4.47 Å². The quantitative estimate of drug-likeness (QED) is 0.689. The Balaban J connectivity index is 2.44. The minimum absolute atomic E-state index is 0.00840. The van der Waals surface area contributed by atoms with Gasteiger partial charge in [0.15, 0.2) is 5.69 Å². The molecule has 0 fully saturated rings. The molecule has 106 valence electrons. The number of nitrogen functional groups attached to an aromatic ring is 1. The van der Waals surface area contributed by atoms with Crippen molar-refractivity contribution in [1.29, 1.82) is 10.5 Å². The zero-order valence-electron chi connectivity index (χ0n) is 11.0. The Hall–Kier alpha value is -3.10. The highest BCUT2D eigenvalue weighted by Gasteiger charge is 2.18. The van der Waals surface area contributed by atoms with Crippen LogP contribution in [0.5, 0.6) is 0 Å². The highest BCUT2D eigenvalue weighted by Crippen LogP contribution is 2.26. The predicted molar refractivity (Wildman–Crippen MR) is 83.2 cm³/mol. The van der Waals surface area contributed by atoms with Crippen LogP contribution in [0.1, 0.15) is 11.3 Å². The second-order valence-electron chi connectivity index (χ2n) is 4.45. The Kier molecular flexibility index (Phi) is 3.17. The Morgan fingerprint density at radius 3 is 2.68 bits per heavy atom. The van der Waals surface area contributed by atoms with Crippen LogP contribution in [-0.4, -0.2) is 14.8 Å². The van der Waals surface area contributed by atoms with Crippen LogP contribution < -0.4 is 11.3 Å². The molecule has 0 saturated carbocycles. The number of hydrogen-bond acceptors (Lipinski definition) is 5. The summed E-state index contributed by atoms with van der Waals surface area (Å²) in [7, 11) is 0. The molecule has 3 rings (SSSR count). The predicted octanol–water partition coefficient (Wildman–Crippen LogP) is 1.80. The van der Waals surface area contributed by atoms with Crippen LogP contribution in [0.2, 0.25) is 0 Å². The molecule has 22 heavy (non-hydrogen) atoms. The van der Waals surface area contributed by atoms with Crippen LogP contribution in [0.4, 0.5) is 5.82 Å². The number of aromatic nitrogens is 3. The molecular weight excluding hydrogens is 348 g/mol. The molecule has 0 amide bonds. The molecule has 0 aliphatic rings. The molecule has 2 heterocycles. The van der Waals surface area contributed by atoms with E-state index in [0.29, 0.717) is 16.6 Å². The summed E-state index contributed by atoms with van der Waals surface area (Å²) in [5.41, 5.74) is 6.47. The number of hydrogen-bond donors (Lipinski definition) is 2. The van der Waals surface area contributed by atoms with Gasteiger partial charge in [-0.05, 0) is 18.2 Å². The Labute approximate surface area is 132 Å². The van der Waals surface area contributed by atoms with Crippen molar-refractivity contribution in [2.45, 2.75) is 0 Å². The molecule has 3 aromatic rings. The molecule has 0 saturated heterocycles. The number of nitrogens with one attached hydrogen (secondary N) is 1. The number of nitrogens with two attached hydrogens (primary N) is 1. The average molecular weight is 355 g/mol. The minimum atomic E-state index is -0.336. The van der Waals surface area contributed by atoms with E-state index in [1.165, 1.54) is 10.7 Å². The van der Waals surface area contributed by atoms with E-state index in [-0.39, 0.29) is 22.6 Å². The summed E-state index contributed by atoms with van der Waals surface area (Å²) in [5, 5.41) is 22.8. The highest BCUT2D eigenvalue weighted by atomic mass is 79.9. The van der Waals surface area contributed by atoms with Crippen molar-refractivity contribution >= 4 is 32.7 Å². The van der Waals surface area contributed by atoms with E-state index >= 15 is 0 Å². The average Bonchev–Trinajstić information content (AvgIpc) is 2.82. The number of fused-ring (bicyclic) bond motifs is 1. The number of rotatable bonds is 1. The lowest BCUT2D eigenvalue weighted by atomic mass is 10.2. The van der Waals surface area contributed by atoms with Crippen molar-refractivity contribution in [2.24, 2.45) is 0 Å². The number of nitriles is 2. The van der Waals surface area contributed by atoms with Crippen molar-refractivity contribution in [1.82, 2.24) is 14.8 Å². The maximum absolute atomic E-state index is 11.8. The van der Waals surface area contributed by atoms with E-state index in [1.54, 1.807) is 18.2 Å². The first-order valence-electron chi connectivity index (χ1n) is 6.07. The lowest BCUT2D eigenvalue weighted by Gasteiger charge is -2.08. The normalized spacial score (nSPS) is 10.3. The van der Waals surface area contributed by atoms with Gasteiger partial charge in [-0.15, -0.1) is 0 Å². The summed E-state index contributed by atoms with van der Waals surface area (Å²) in [6.45, 7) is 0. The third kappa shape index (κ3) is 2.03. The van der Waals surface area contributed by atoms with Crippen molar-refractivity contribution in [3.05, 3.63) is 50.3 Å². The SMILES string of the molecule is N#Cc1nn(-c2cc(=O)[nH]c3ccc(Br)cc23)c(N)c1C#N. The monoisotopic (exact) mass is 354 g/mol. The summed E-state index contributed by atoms with van der Waals surface area (Å²) in [6, 6.07) is 10.3. The van der Waals surface area contributed by atoms with E-state index in [2.05, 4.69) is 26.0 Å². The van der Waals surface area contributed by atoms with Crippen LogP contribution >= 0.6 is 15.9 Å². The molecule has 7 nitrogen and oxygen atoms in total. The van der Waals surface area contributed by atoms with Gasteiger partial charge in [-0.3, -0.25) is 4.79 Å². The first kappa shape index (κ1) is 13.9. The molecule has 0 spiro atoms. The molecule has 0 aliphatic heterocycles. The fourth-order valence-corrected chi connectivity index (χ4v) is 2.55. The minimum Gasteiger partial charge on any atom is -0.382 e. The van der Waals surface area contributed by atoms with E-state index < -0.39 is 0 Å². The fourth-order valence-electron chi connectivity index (χ4n) is 2.19. The zero-order chi connectivity index (χ0) is 15.9. The molecule has 8 heteroatoms. The lowest BCUT2D eigenvalue weighted by molar-refractivity contribution is 0.887. The van der Waals surface area contributed by atoms with Crippen LogP contribution in [-0.2, 0) is 0 Å². The molecule has 0 atom stereocenters. The van der Waals surface area contributed by atoms with Gasteiger partial charge in [-0.25, -0.2) is 4.68 Å². The van der Waals surface area contributed by atoms with Crippen LogP contribution in [0.25, 0.3) is 16.6 Å². The van der Waals surface area contributed by atoms with Crippen LogP contribution in [0, 0.1) is 22.7 Å². The summed E-state index contributed by atoms with van der Waals surface area (Å²) in [5.74, 6) is 0.0194. The molecule has 0 aliphatic carbocycles. The van der Waals surface area contributed by atoms with Crippen molar-refractivity contribution < 1.29 is 0 Å². The van der Waals surface area contributed by atoms with Gasteiger partial charge >= 0.3 is 0 Å². The van der Waals surface area contributed by atoms with Crippen LogP contribution in [0.3, 0.4) is 0 Å². The van der Waals surface area contributed by atoms with E-state index in [4.69, 9.17) is 16.3 Å². The van der Waals surface area contributed by atoms with E-state index in [9.17, 15) is 4.79 Å². The van der Waals surface area contributed by atoms with Crippen molar-refractivity contribution in [3.63, 3.8) is 0 Å². The standard InChI is InChI=1S/C14H7BrN6O/c15-7-1-2-10-8(3-7)12(4-13(22)19-10)21-14(18)9(5-16)11(6-17)20-21/h1-4H,18H2,(H,19,22). The Morgan fingerprint density at radius 1 is 1.27 bits per heavy atom. The van der Waals surface area contributed by atoms with Gasteiger partial charge < -0.3 is 10.7 Å². The number of aromatic amines is 1. The fraction of sp³-hybridized carbons (Fsp3) is 0. The zero-order valence-corrected chi connectivity index (χ0v) is 12.5. The largest absolute Gasteiger partial charge is 0.382 e. The van der Waals surface area contributed by atoms with Gasteiger partial charge in [0, 0.05) is 15.9 Å². The Morgan fingerprint density at radius 2 is 2.05 bits per heavy atom. The highest BCUT2D eigenvalue weighted by molar-refractivity contribution is 9.10. The number of benzene rings is 1. The lowest BCUT2D eigenvalue weighted by Crippen LogP contribution is -2.11. The van der Waals surface area contributed by atoms with Gasteiger partial charge in [0.2, 0.25) is 0 Å². The summed E-state index contributed by atoms with van der Waals surface area (Å²) >= 11 is 3.37. The third-order valence-corrected chi connectivity index (χ3v) is 3.64. The maximum Gasteiger partial charge on any atom is 0.250 e. The molecule has 0 bridgehead atoms. The van der Waals surface area contributed by atoms with Crippen LogP contribution in [0.15, 0.2) is 33.5 Å². The second kappa shape index (κ2) is 5.02. The summed E-state index contributed by atoms with van der Waals surface area (Å²) in [4.78, 5) is 14.5. The van der Waals surface area contributed by atoms with Gasteiger partial charge in [0.1, 0.15) is 23.5 Å². The number of anilines is 1. The summed E-state index contributed by atoms with van der Waals surface area (Å²) in [6.07, 6.45) is 0. The Bertz CT molecular complexity index is 1050. The van der Waals surface area contributed by atoms with Gasteiger partial charge in [-0.1, -0.05) is 15.9 Å². The summed E-state index contributed by atoms with van der Waals surface area (Å²) < 4.78 is 2.04. The molecule has 1 aromatic carbocycles. The topological polar surface area (TPSA) is 124 Å². The second-order valence-corrected chi connectivity index (χ2v) is 5.37. The number of nitrogens with zero attached hydrogens (tertiary/aromatic N) is 4. The van der Waals surface area contributed by atoms with Crippen molar-refractivity contribution in [2.75, 3.05) is 5.73 Å². The first-order valence-corrected chi connectivity index (χ1v) is 6.86. The molecule has 0 unspecified atom stereocenters. The molecule has 0 radical (unpaired) electrons. The number of halogens is 1. The molecule has 3 N–H and O–H groups in total.